The van der Waals surface area contributed by atoms with E-state index < -0.39 is 20.6 Å². The summed E-state index contributed by atoms with van der Waals surface area (Å²) in [6.45, 7) is 0. The minimum atomic E-state index is -3.04. The minimum absolute atomic E-state index is 0.154. The lowest BCUT2D eigenvalue weighted by Gasteiger charge is -2.04. The van der Waals surface area contributed by atoms with Crippen molar-refractivity contribution in [3.63, 3.8) is 0 Å². The molecule has 21 heavy (non-hydrogen) atoms. The van der Waals surface area contributed by atoms with Crippen LogP contribution in [0.15, 0.2) is 63.9 Å². The van der Waals surface area contributed by atoms with Crippen molar-refractivity contribution in [2.45, 2.75) is 4.90 Å². The summed E-state index contributed by atoms with van der Waals surface area (Å²) in [5.74, 6) is -0.616. The standard InChI is InChI=1S/C14H12N2O4S/c1-21(20,13-9-5-8-12(10-13)16(18)19)15-14(17)11-6-3-2-4-7-11/h2-10H,1H3. The molecule has 1 unspecified atom stereocenters. The highest BCUT2D eigenvalue weighted by Gasteiger charge is 2.14. The highest BCUT2D eigenvalue weighted by atomic mass is 32.2. The molecule has 0 fully saturated rings. The second kappa shape index (κ2) is 5.84. The molecule has 0 N–H and O–H groups in total. The predicted molar refractivity (Wildman–Crippen MR) is 78.6 cm³/mol. The molecule has 0 bridgehead atoms. The van der Waals surface area contributed by atoms with Crippen LogP contribution in [-0.4, -0.2) is 21.3 Å². The molecular formula is C14H12N2O4S. The summed E-state index contributed by atoms with van der Waals surface area (Å²) in [7, 11) is -3.04. The molecule has 2 rings (SSSR count). The van der Waals surface area contributed by atoms with Crippen LogP contribution < -0.4 is 0 Å². The molecule has 7 heteroatoms. The van der Waals surface area contributed by atoms with Gasteiger partial charge in [0, 0.05) is 24.0 Å². The van der Waals surface area contributed by atoms with Crippen molar-refractivity contribution in [3.8, 4) is 0 Å². The van der Waals surface area contributed by atoms with Crippen molar-refractivity contribution >= 4 is 21.3 Å². The monoisotopic (exact) mass is 304 g/mol. The molecule has 0 saturated carbocycles. The smallest absolute Gasteiger partial charge is 0.266 e. The Labute approximate surface area is 121 Å². The number of rotatable bonds is 3. The third-order valence-electron chi connectivity index (χ3n) is 2.74. The largest absolute Gasteiger partial charge is 0.285 e. The number of benzene rings is 2. The van der Waals surface area contributed by atoms with Gasteiger partial charge in [0.15, 0.2) is 0 Å². The van der Waals surface area contributed by atoms with Crippen LogP contribution in [-0.2, 0) is 9.73 Å². The van der Waals surface area contributed by atoms with Crippen molar-refractivity contribution in [2.24, 2.45) is 4.36 Å². The first-order chi connectivity index (χ1) is 9.90. The maximum absolute atomic E-state index is 12.5. The molecule has 1 amide bonds. The molecule has 0 spiro atoms. The van der Waals surface area contributed by atoms with E-state index in [1.54, 1.807) is 30.3 Å². The third kappa shape index (κ3) is 3.51. The molecule has 6 nitrogen and oxygen atoms in total. The first-order valence-electron chi connectivity index (χ1n) is 5.96. The van der Waals surface area contributed by atoms with Gasteiger partial charge in [-0.25, -0.2) is 4.21 Å². The van der Waals surface area contributed by atoms with Crippen LogP contribution in [0.1, 0.15) is 10.4 Å². The molecule has 0 saturated heterocycles. The lowest BCUT2D eigenvalue weighted by Crippen LogP contribution is -2.04. The fraction of sp³-hybridized carbons (Fsp3) is 0.0714. The molecule has 0 aliphatic heterocycles. The van der Waals surface area contributed by atoms with E-state index in [0.717, 1.165) is 0 Å². The fourth-order valence-electron chi connectivity index (χ4n) is 1.68. The summed E-state index contributed by atoms with van der Waals surface area (Å²) in [5.41, 5.74) is 0.127. The molecule has 2 aromatic carbocycles. The van der Waals surface area contributed by atoms with Crippen LogP contribution in [0, 0.1) is 10.1 Å². The summed E-state index contributed by atoms with van der Waals surface area (Å²) in [6.07, 6.45) is 1.28. The molecule has 0 heterocycles. The number of carbonyl (C=O) groups excluding carboxylic acids is 1. The molecule has 108 valence electrons. The number of carbonyl (C=O) groups is 1. The number of hydrogen-bond acceptors (Lipinski definition) is 4. The van der Waals surface area contributed by atoms with Crippen LogP contribution in [0.4, 0.5) is 5.69 Å². The van der Waals surface area contributed by atoms with Gasteiger partial charge in [-0.1, -0.05) is 24.3 Å². The van der Waals surface area contributed by atoms with Gasteiger partial charge >= 0.3 is 0 Å². The van der Waals surface area contributed by atoms with Gasteiger partial charge in [0.25, 0.3) is 11.6 Å². The van der Waals surface area contributed by atoms with Crippen molar-refractivity contribution < 1.29 is 13.9 Å². The SMILES string of the molecule is CS(=O)(=NC(=O)c1ccccc1)c1cccc([N+](=O)[O-])c1. The summed E-state index contributed by atoms with van der Waals surface area (Å²) < 4.78 is 16.3. The molecule has 0 aliphatic carbocycles. The number of nitro groups is 1. The molecule has 1 atom stereocenters. The number of nitrogens with zero attached hydrogens (tertiary/aromatic N) is 2. The zero-order chi connectivity index (χ0) is 15.5. The minimum Gasteiger partial charge on any atom is -0.266 e. The molecular weight excluding hydrogens is 292 g/mol. The van der Waals surface area contributed by atoms with Gasteiger partial charge in [-0.3, -0.25) is 14.9 Å². The first-order valence-corrected chi connectivity index (χ1v) is 7.88. The van der Waals surface area contributed by atoms with E-state index in [0.29, 0.717) is 5.56 Å². The van der Waals surface area contributed by atoms with Gasteiger partial charge in [0.1, 0.15) is 0 Å². The van der Waals surface area contributed by atoms with Crippen LogP contribution in [0.3, 0.4) is 0 Å². The molecule has 2 aromatic rings. The van der Waals surface area contributed by atoms with Gasteiger partial charge in [0.2, 0.25) is 0 Å². The van der Waals surface area contributed by atoms with Crippen molar-refractivity contribution in [2.75, 3.05) is 6.26 Å². The Morgan fingerprint density at radius 3 is 2.43 bits per heavy atom. The number of hydrogen-bond donors (Lipinski definition) is 0. The zero-order valence-corrected chi connectivity index (χ0v) is 11.9. The van der Waals surface area contributed by atoms with Crippen LogP contribution in [0.5, 0.6) is 0 Å². The van der Waals surface area contributed by atoms with Crippen molar-refractivity contribution in [3.05, 3.63) is 70.3 Å². The van der Waals surface area contributed by atoms with E-state index >= 15 is 0 Å². The summed E-state index contributed by atoms with van der Waals surface area (Å²) in [5, 5.41) is 10.7. The predicted octanol–water partition coefficient (Wildman–Crippen LogP) is 2.89. The third-order valence-corrected chi connectivity index (χ3v) is 4.39. The molecule has 0 radical (unpaired) electrons. The van der Waals surface area contributed by atoms with Crippen LogP contribution in [0.25, 0.3) is 0 Å². The van der Waals surface area contributed by atoms with Crippen molar-refractivity contribution in [1.82, 2.24) is 0 Å². The lowest BCUT2D eigenvalue weighted by atomic mass is 10.2. The number of non-ortho nitro benzene ring substituents is 1. The molecule has 0 aliphatic rings. The van der Waals surface area contributed by atoms with Gasteiger partial charge < -0.3 is 0 Å². The second-order valence-electron chi connectivity index (χ2n) is 4.32. The van der Waals surface area contributed by atoms with E-state index in [2.05, 4.69) is 4.36 Å². The van der Waals surface area contributed by atoms with E-state index in [1.165, 1.54) is 30.5 Å². The van der Waals surface area contributed by atoms with Gasteiger partial charge in [-0.2, -0.15) is 4.36 Å². The Hall–Kier alpha value is -2.54. The Kier molecular flexibility index (Phi) is 4.13. The Morgan fingerprint density at radius 1 is 1.14 bits per heavy atom. The summed E-state index contributed by atoms with van der Waals surface area (Å²) in [4.78, 5) is 22.3. The summed E-state index contributed by atoms with van der Waals surface area (Å²) in [6, 6.07) is 13.6. The van der Waals surface area contributed by atoms with Crippen LogP contribution in [0.2, 0.25) is 0 Å². The van der Waals surface area contributed by atoms with Crippen molar-refractivity contribution in [1.29, 1.82) is 0 Å². The summed E-state index contributed by atoms with van der Waals surface area (Å²) >= 11 is 0. The van der Waals surface area contributed by atoms with E-state index in [-0.39, 0.29) is 10.6 Å². The van der Waals surface area contributed by atoms with E-state index in [1.807, 2.05) is 0 Å². The lowest BCUT2D eigenvalue weighted by molar-refractivity contribution is -0.385. The second-order valence-corrected chi connectivity index (χ2v) is 6.58. The zero-order valence-electron chi connectivity index (χ0n) is 11.1. The quantitative estimate of drug-likeness (QED) is 0.644. The number of nitro benzene ring substituents is 1. The number of amides is 1. The average Bonchev–Trinajstić information content (AvgIpc) is 2.48. The Balaban J connectivity index is 2.44. The highest BCUT2D eigenvalue weighted by Crippen LogP contribution is 2.19. The maximum Gasteiger partial charge on any atom is 0.285 e. The van der Waals surface area contributed by atoms with Gasteiger partial charge in [0.05, 0.1) is 19.5 Å². The highest BCUT2D eigenvalue weighted by molar-refractivity contribution is 7.93. The maximum atomic E-state index is 12.5. The van der Waals surface area contributed by atoms with E-state index in [9.17, 15) is 19.1 Å². The van der Waals surface area contributed by atoms with E-state index in [4.69, 9.17) is 0 Å². The molecule has 0 aromatic heterocycles. The fourth-order valence-corrected chi connectivity index (χ4v) is 2.87. The van der Waals surface area contributed by atoms with Crippen LogP contribution >= 0.6 is 0 Å². The first kappa shape index (κ1) is 14.9. The van der Waals surface area contributed by atoms with Gasteiger partial charge in [-0.05, 0) is 18.2 Å². The normalized spacial score (nSPS) is 13.2. The Bertz CT molecular complexity index is 809. The Morgan fingerprint density at radius 2 is 1.81 bits per heavy atom. The van der Waals surface area contributed by atoms with Gasteiger partial charge in [-0.15, -0.1) is 0 Å². The topological polar surface area (TPSA) is 89.6 Å². The average molecular weight is 304 g/mol.